The van der Waals surface area contributed by atoms with Crippen LogP contribution in [0.3, 0.4) is 0 Å². The van der Waals surface area contributed by atoms with E-state index >= 15 is 0 Å². The SMILES string of the molecule is CC(Cc1ccc(Br)cc1)NCc1cc(C(N)=O)cs1. The van der Waals surface area contributed by atoms with Gasteiger partial charge in [-0.2, -0.15) is 0 Å². The highest BCUT2D eigenvalue weighted by molar-refractivity contribution is 9.10. The van der Waals surface area contributed by atoms with E-state index in [2.05, 4.69) is 52.4 Å². The van der Waals surface area contributed by atoms with Gasteiger partial charge in [-0.25, -0.2) is 0 Å². The van der Waals surface area contributed by atoms with Crippen LogP contribution < -0.4 is 11.1 Å². The second-order valence-corrected chi connectivity index (χ2v) is 6.69. The van der Waals surface area contributed by atoms with E-state index in [1.165, 1.54) is 5.56 Å². The molecule has 0 bridgehead atoms. The normalized spacial score (nSPS) is 12.3. The van der Waals surface area contributed by atoms with Crippen molar-refractivity contribution in [2.45, 2.75) is 25.9 Å². The summed E-state index contributed by atoms with van der Waals surface area (Å²) < 4.78 is 1.10. The van der Waals surface area contributed by atoms with Crippen LogP contribution in [0.25, 0.3) is 0 Å². The second kappa shape index (κ2) is 7.02. The van der Waals surface area contributed by atoms with Crippen molar-refractivity contribution in [3.63, 3.8) is 0 Å². The third-order valence-electron chi connectivity index (χ3n) is 3.02. The number of hydrogen-bond donors (Lipinski definition) is 2. The maximum absolute atomic E-state index is 11.0. The number of nitrogens with one attached hydrogen (secondary N) is 1. The molecule has 5 heteroatoms. The number of amides is 1. The van der Waals surface area contributed by atoms with E-state index in [-0.39, 0.29) is 5.91 Å². The Morgan fingerprint density at radius 3 is 2.70 bits per heavy atom. The van der Waals surface area contributed by atoms with Crippen LogP contribution in [0.1, 0.15) is 27.7 Å². The predicted molar refractivity (Wildman–Crippen MR) is 87.0 cm³/mol. The number of carbonyl (C=O) groups is 1. The van der Waals surface area contributed by atoms with Crippen LogP contribution in [-0.4, -0.2) is 11.9 Å². The van der Waals surface area contributed by atoms with Crippen LogP contribution in [0.4, 0.5) is 0 Å². The summed E-state index contributed by atoms with van der Waals surface area (Å²) in [5, 5.41) is 5.27. The van der Waals surface area contributed by atoms with Gasteiger partial charge in [-0.05, 0) is 37.1 Å². The third-order valence-corrected chi connectivity index (χ3v) is 4.48. The van der Waals surface area contributed by atoms with Crippen molar-refractivity contribution >= 4 is 33.2 Å². The molecular formula is C15H17BrN2OS. The zero-order valence-corrected chi connectivity index (χ0v) is 13.6. The first-order valence-electron chi connectivity index (χ1n) is 6.39. The van der Waals surface area contributed by atoms with Gasteiger partial charge in [-0.1, -0.05) is 28.1 Å². The largest absolute Gasteiger partial charge is 0.366 e. The summed E-state index contributed by atoms with van der Waals surface area (Å²) in [7, 11) is 0. The van der Waals surface area contributed by atoms with Crippen LogP contribution in [0.2, 0.25) is 0 Å². The van der Waals surface area contributed by atoms with Crippen LogP contribution in [0, 0.1) is 0 Å². The van der Waals surface area contributed by atoms with Crippen LogP contribution in [-0.2, 0) is 13.0 Å². The molecule has 0 spiro atoms. The van der Waals surface area contributed by atoms with Crippen molar-refractivity contribution in [2.24, 2.45) is 5.73 Å². The van der Waals surface area contributed by atoms with E-state index in [0.29, 0.717) is 11.6 Å². The molecule has 2 aromatic rings. The lowest BCUT2D eigenvalue weighted by Gasteiger charge is -2.13. The summed E-state index contributed by atoms with van der Waals surface area (Å²) >= 11 is 4.99. The third kappa shape index (κ3) is 4.44. The van der Waals surface area contributed by atoms with Gasteiger partial charge in [0.25, 0.3) is 0 Å². The Hall–Kier alpha value is -1.17. The van der Waals surface area contributed by atoms with E-state index in [1.807, 2.05) is 6.07 Å². The molecule has 0 radical (unpaired) electrons. The van der Waals surface area contributed by atoms with Crippen molar-refractivity contribution in [1.29, 1.82) is 0 Å². The Morgan fingerprint density at radius 1 is 1.40 bits per heavy atom. The molecule has 3 N–H and O–H groups in total. The molecule has 1 aromatic carbocycles. The molecule has 1 amide bonds. The Balaban J connectivity index is 1.83. The standard InChI is InChI=1S/C15H17BrN2OS/c1-10(6-11-2-4-13(16)5-3-11)18-8-14-7-12(9-20-14)15(17)19/h2-5,7,9-10,18H,6,8H2,1H3,(H2,17,19). The van der Waals surface area contributed by atoms with Gasteiger partial charge in [0.15, 0.2) is 0 Å². The molecule has 1 aromatic heterocycles. The number of nitrogens with two attached hydrogens (primary N) is 1. The van der Waals surface area contributed by atoms with Gasteiger partial charge < -0.3 is 11.1 Å². The smallest absolute Gasteiger partial charge is 0.249 e. The van der Waals surface area contributed by atoms with Gasteiger partial charge in [0.2, 0.25) is 5.91 Å². The van der Waals surface area contributed by atoms with Crippen molar-refractivity contribution in [3.05, 3.63) is 56.2 Å². The van der Waals surface area contributed by atoms with E-state index in [1.54, 1.807) is 16.7 Å². The number of rotatable bonds is 6. The topological polar surface area (TPSA) is 55.1 Å². The number of halogens is 1. The van der Waals surface area contributed by atoms with E-state index in [0.717, 1.165) is 22.3 Å². The van der Waals surface area contributed by atoms with Crippen LogP contribution in [0.5, 0.6) is 0 Å². The number of hydrogen-bond acceptors (Lipinski definition) is 3. The first-order valence-corrected chi connectivity index (χ1v) is 8.07. The van der Waals surface area contributed by atoms with Gasteiger partial charge in [-0.15, -0.1) is 11.3 Å². The van der Waals surface area contributed by atoms with Crippen molar-refractivity contribution < 1.29 is 4.79 Å². The van der Waals surface area contributed by atoms with Crippen LogP contribution >= 0.6 is 27.3 Å². The summed E-state index contributed by atoms with van der Waals surface area (Å²) in [6.45, 7) is 2.92. The zero-order valence-electron chi connectivity index (χ0n) is 11.2. The highest BCUT2D eigenvalue weighted by Crippen LogP contribution is 2.15. The Kier molecular flexibility index (Phi) is 5.34. The predicted octanol–water partition coefficient (Wildman–Crippen LogP) is 3.33. The molecule has 0 aliphatic heterocycles. The van der Waals surface area contributed by atoms with Crippen molar-refractivity contribution in [3.8, 4) is 0 Å². The summed E-state index contributed by atoms with van der Waals surface area (Å²) in [4.78, 5) is 12.2. The van der Waals surface area contributed by atoms with Gasteiger partial charge in [0.05, 0.1) is 5.56 Å². The lowest BCUT2D eigenvalue weighted by molar-refractivity contribution is 0.100. The molecule has 1 unspecified atom stereocenters. The highest BCUT2D eigenvalue weighted by Gasteiger charge is 2.07. The number of primary amides is 1. The monoisotopic (exact) mass is 352 g/mol. The minimum absolute atomic E-state index is 0.365. The number of carbonyl (C=O) groups excluding carboxylic acids is 1. The second-order valence-electron chi connectivity index (χ2n) is 4.78. The molecule has 0 fully saturated rings. The number of benzene rings is 1. The summed E-state index contributed by atoms with van der Waals surface area (Å²) in [6.07, 6.45) is 0.974. The van der Waals surface area contributed by atoms with Gasteiger partial charge in [0, 0.05) is 27.3 Å². The fourth-order valence-electron chi connectivity index (χ4n) is 1.92. The van der Waals surface area contributed by atoms with Gasteiger partial charge in [-0.3, -0.25) is 4.79 Å². The maximum Gasteiger partial charge on any atom is 0.249 e. The minimum Gasteiger partial charge on any atom is -0.366 e. The van der Waals surface area contributed by atoms with Crippen LogP contribution in [0.15, 0.2) is 40.2 Å². The number of thiophene rings is 1. The molecule has 0 saturated heterocycles. The molecule has 0 saturated carbocycles. The first-order chi connectivity index (χ1) is 9.54. The molecule has 106 valence electrons. The summed E-state index contributed by atoms with van der Waals surface area (Å²) in [6, 6.07) is 10.6. The fourth-order valence-corrected chi connectivity index (χ4v) is 3.01. The van der Waals surface area contributed by atoms with Gasteiger partial charge >= 0.3 is 0 Å². The Labute approximate surface area is 131 Å². The maximum atomic E-state index is 11.0. The highest BCUT2D eigenvalue weighted by atomic mass is 79.9. The lowest BCUT2D eigenvalue weighted by atomic mass is 10.1. The molecule has 0 aliphatic carbocycles. The van der Waals surface area contributed by atoms with Gasteiger partial charge in [0.1, 0.15) is 0 Å². The molecule has 1 heterocycles. The Bertz CT molecular complexity index is 580. The van der Waals surface area contributed by atoms with E-state index in [9.17, 15) is 4.79 Å². The molecular weight excluding hydrogens is 336 g/mol. The van der Waals surface area contributed by atoms with E-state index < -0.39 is 0 Å². The first kappa shape index (κ1) is 15.2. The molecule has 1 atom stereocenters. The summed E-state index contributed by atoms with van der Waals surface area (Å²) in [5.41, 5.74) is 7.13. The molecule has 0 aliphatic rings. The molecule has 20 heavy (non-hydrogen) atoms. The van der Waals surface area contributed by atoms with Crippen molar-refractivity contribution in [2.75, 3.05) is 0 Å². The van der Waals surface area contributed by atoms with E-state index in [4.69, 9.17) is 5.73 Å². The average molecular weight is 353 g/mol. The lowest BCUT2D eigenvalue weighted by Crippen LogP contribution is -2.27. The minimum atomic E-state index is -0.365. The molecule has 3 nitrogen and oxygen atoms in total. The zero-order chi connectivity index (χ0) is 14.5. The fraction of sp³-hybridized carbons (Fsp3) is 0.267. The summed E-state index contributed by atoms with van der Waals surface area (Å²) in [5.74, 6) is -0.365. The quantitative estimate of drug-likeness (QED) is 0.837. The Morgan fingerprint density at radius 2 is 2.10 bits per heavy atom. The molecule has 2 rings (SSSR count). The van der Waals surface area contributed by atoms with Crippen molar-refractivity contribution in [1.82, 2.24) is 5.32 Å². The average Bonchev–Trinajstić information content (AvgIpc) is 2.88.